The van der Waals surface area contributed by atoms with E-state index in [1.165, 1.54) is 5.56 Å². The zero-order valence-electron chi connectivity index (χ0n) is 10.5. The lowest BCUT2D eigenvalue weighted by molar-refractivity contribution is -0.132. The fourth-order valence-corrected chi connectivity index (χ4v) is 2.52. The molecule has 0 saturated carbocycles. The molecule has 92 valence electrons. The van der Waals surface area contributed by atoms with E-state index in [1.807, 2.05) is 19.9 Å². The van der Waals surface area contributed by atoms with Gasteiger partial charge in [-0.15, -0.1) is 0 Å². The van der Waals surface area contributed by atoms with Crippen molar-refractivity contribution in [2.45, 2.75) is 45.1 Å². The summed E-state index contributed by atoms with van der Waals surface area (Å²) in [5.74, 6) is 0.148. The maximum Gasteiger partial charge on any atom is 0.170 e. The number of hydrogen-bond donors (Lipinski definition) is 0. The predicted molar refractivity (Wildman–Crippen MR) is 66.0 cm³/mol. The van der Waals surface area contributed by atoms with Gasteiger partial charge in [0.15, 0.2) is 5.78 Å². The molecule has 0 fully saturated rings. The van der Waals surface area contributed by atoms with Crippen molar-refractivity contribution in [2.75, 3.05) is 6.61 Å². The van der Waals surface area contributed by atoms with Crippen LogP contribution in [0.4, 0.5) is 0 Å². The Bertz CT molecular complexity index is 403. The first-order valence-corrected chi connectivity index (χ1v) is 6.37. The molecule has 3 nitrogen and oxygen atoms in total. The molecule has 1 aromatic rings. The Hall–Kier alpha value is -1.22. The summed E-state index contributed by atoms with van der Waals surface area (Å²) >= 11 is 0. The highest BCUT2D eigenvalue weighted by molar-refractivity contribution is 5.90. The van der Waals surface area contributed by atoms with Gasteiger partial charge in [0.2, 0.25) is 0 Å². The molecule has 0 aliphatic heterocycles. The normalized spacial score (nSPS) is 20.0. The molecule has 3 heteroatoms. The predicted octanol–water partition coefficient (Wildman–Crippen LogP) is 2.50. The van der Waals surface area contributed by atoms with E-state index in [0.717, 1.165) is 25.0 Å². The van der Waals surface area contributed by atoms with Crippen LogP contribution in [-0.2, 0) is 16.0 Å². The molecular formula is C14H19NO2. The minimum atomic E-state index is -0.266. The number of carbonyl (C=O) groups excluding carboxylic acids is 1. The number of aromatic nitrogens is 1. The standard InChI is InChI=1S/C14H19NO2/c1-3-12(17-4-2)14(16)11-8-7-10-6-5-9-15-13(10)11/h5-6,9,11-12H,3-4,7-8H2,1-2H3. The maximum atomic E-state index is 12.4. The van der Waals surface area contributed by atoms with Gasteiger partial charge in [0.05, 0.1) is 11.6 Å². The number of Topliss-reactive ketones (excluding diaryl/α,β-unsaturated/α-hetero) is 1. The Balaban J connectivity index is 2.16. The Labute approximate surface area is 102 Å². The summed E-state index contributed by atoms with van der Waals surface area (Å²) < 4.78 is 5.50. The first-order valence-electron chi connectivity index (χ1n) is 6.37. The average Bonchev–Trinajstić information content (AvgIpc) is 2.79. The van der Waals surface area contributed by atoms with Crippen molar-refractivity contribution in [2.24, 2.45) is 0 Å². The van der Waals surface area contributed by atoms with Crippen LogP contribution in [0.5, 0.6) is 0 Å². The van der Waals surface area contributed by atoms with Crippen LogP contribution in [-0.4, -0.2) is 23.5 Å². The molecule has 1 aromatic heterocycles. The summed E-state index contributed by atoms with van der Waals surface area (Å²) in [7, 11) is 0. The molecule has 0 amide bonds. The van der Waals surface area contributed by atoms with Crippen LogP contribution in [0.2, 0.25) is 0 Å². The van der Waals surface area contributed by atoms with E-state index in [4.69, 9.17) is 4.74 Å². The summed E-state index contributed by atoms with van der Waals surface area (Å²) in [6.07, 6.45) is 4.09. The molecule has 2 atom stereocenters. The van der Waals surface area contributed by atoms with Crippen LogP contribution in [0, 0.1) is 0 Å². The van der Waals surface area contributed by atoms with Gasteiger partial charge >= 0.3 is 0 Å². The highest BCUT2D eigenvalue weighted by Gasteiger charge is 2.33. The molecule has 1 aliphatic rings. The Kier molecular flexibility index (Phi) is 3.89. The molecule has 1 heterocycles. The van der Waals surface area contributed by atoms with Gasteiger partial charge in [-0.2, -0.15) is 0 Å². The third-order valence-electron chi connectivity index (χ3n) is 3.36. The highest BCUT2D eigenvalue weighted by Crippen LogP contribution is 2.33. The van der Waals surface area contributed by atoms with Crippen LogP contribution in [0.15, 0.2) is 18.3 Å². The summed E-state index contributed by atoms with van der Waals surface area (Å²) in [6, 6.07) is 4.00. The number of aryl methyl sites for hydroxylation is 1. The highest BCUT2D eigenvalue weighted by atomic mass is 16.5. The summed E-state index contributed by atoms with van der Waals surface area (Å²) in [4.78, 5) is 16.7. The van der Waals surface area contributed by atoms with Crippen molar-refractivity contribution in [3.05, 3.63) is 29.6 Å². The van der Waals surface area contributed by atoms with Crippen LogP contribution < -0.4 is 0 Å². The number of fused-ring (bicyclic) bond motifs is 1. The third-order valence-corrected chi connectivity index (χ3v) is 3.36. The van der Waals surface area contributed by atoms with Crippen molar-refractivity contribution in [1.29, 1.82) is 0 Å². The first-order chi connectivity index (χ1) is 8.27. The lowest BCUT2D eigenvalue weighted by atomic mass is 9.96. The molecule has 0 saturated heterocycles. The van der Waals surface area contributed by atoms with Gasteiger partial charge in [-0.25, -0.2) is 0 Å². The van der Waals surface area contributed by atoms with Gasteiger partial charge < -0.3 is 4.74 Å². The van der Waals surface area contributed by atoms with Crippen LogP contribution >= 0.6 is 0 Å². The zero-order valence-corrected chi connectivity index (χ0v) is 10.5. The second-order valence-electron chi connectivity index (χ2n) is 4.39. The van der Waals surface area contributed by atoms with Gasteiger partial charge in [0.1, 0.15) is 6.10 Å². The van der Waals surface area contributed by atoms with E-state index in [9.17, 15) is 4.79 Å². The fraction of sp³-hybridized carbons (Fsp3) is 0.571. The molecule has 0 aromatic carbocycles. The Morgan fingerprint density at radius 2 is 2.41 bits per heavy atom. The van der Waals surface area contributed by atoms with Gasteiger partial charge in [0, 0.05) is 12.8 Å². The number of nitrogens with zero attached hydrogens (tertiary/aromatic N) is 1. The van der Waals surface area contributed by atoms with Crippen molar-refractivity contribution >= 4 is 5.78 Å². The van der Waals surface area contributed by atoms with Crippen molar-refractivity contribution in [1.82, 2.24) is 4.98 Å². The van der Waals surface area contributed by atoms with Gasteiger partial charge in [-0.3, -0.25) is 9.78 Å². The molecule has 0 radical (unpaired) electrons. The smallest absolute Gasteiger partial charge is 0.170 e. The van der Waals surface area contributed by atoms with Crippen molar-refractivity contribution in [3.63, 3.8) is 0 Å². The van der Waals surface area contributed by atoms with E-state index < -0.39 is 0 Å². The number of ether oxygens (including phenoxy) is 1. The maximum absolute atomic E-state index is 12.4. The molecule has 0 N–H and O–H groups in total. The number of rotatable bonds is 5. The second-order valence-corrected chi connectivity index (χ2v) is 4.39. The van der Waals surface area contributed by atoms with Crippen LogP contribution in [0.3, 0.4) is 0 Å². The third kappa shape index (κ3) is 2.39. The Morgan fingerprint density at radius 1 is 1.59 bits per heavy atom. The van der Waals surface area contributed by atoms with Gasteiger partial charge in [0.25, 0.3) is 0 Å². The SMILES string of the molecule is CCOC(CC)C(=O)C1CCc2cccnc21. The molecule has 2 rings (SSSR count). The fourth-order valence-electron chi connectivity index (χ4n) is 2.52. The van der Waals surface area contributed by atoms with E-state index >= 15 is 0 Å². The Morgan fingerprint density at radius 3 is 3.12 bits per heavy atom. The quantitative estimate of drug-likeness (QED) is 0.784. The molecular weight excluding hydrogens is 214 g/mol. The number of ketones is 1. The topological polar surface area (TPSA) is 39.2 Å². The second kappa shape index (κ2) is 5.41. The van der Waals surface area contributed by atoms with Crippen molar-refractivity contribution in [3.8, 4) is 0 Å². The minimum absolute atomic E-state index is 0.0531. The average molecular weight is 233 g/mol. The molecule has 2 unspecified atom stereocenters. The lowest BCUT2D eigenvalue weighted by Gasteiger charge is -2.18. The number of carbonyl (C=O) groups is 1. The van der Waals surface area contributed by atoms with E-state index in [2.05, 4.69) is 11.1 Å². The first kappa shape index (κ1) is 12.2. The molecule has 0 bridgehead atoms. The molecule has 0 spiro atoms. The number of hydrogen-bond acceptors (Lipinski definition) is 3. The van der Waals surface area contributed by atoms with Gasteiger partial charge in [-0.05, 0) is 37.8 Å². The largest absolute Gasteiger partial charge is 0.371 e. The van der Waals surface area contributed by atoms with E-state index in [0.29, 0.717) is 6.61 Å². The minimum Gasteiger partial charge on any atom is -0.371 e. The van der Waals surface area contributed by atoms with E-state index in [-0.39, 0.29) is 17.8 Å². The summed E-state index contributed by atoms with van der Waals surface area (Å²) in [6.45, 7) is 4.51. The van der Waals surface area contributed by atoms with Crippen molar-refractivity contribution < 1.29 is 9.53 Å². The monoisotopic (exact) mass is 233 g/mol. The molecule has 17 heavy (non-hydrogen) atoms. The van der Waals surface area contributed by atoms with Gasteiger partial charge in [-0.1, -0.05) is 13.0 Å². The van der Waals surface area contributed by atoms with Crippen LogP contribution in [0.25, 0.3) is 0 Å². The summed E-state index contributed by atoms with van der Waals surface area (Å²) in [5, 5.41) is 0. The summed E-state index contributed by atoms with van der Waals surface area (Å²) in [5.41, 5.74) is 2.19. The molecule has 1 aliphatic carbocycles. The number of pyridine rings is 1. The van der Waals surface area contributed by atoms with E-state index in [1.54, 1.807) is 6.20 Å². The van der Waals surface area contributed by atoms with Crippen LogP contribution in [0.1, 0.15) is 43.9 Å². The zero-order chi connectivity index (χ0) is 12.3. The lowest BCUT2D eigenvalue weighted by Crippen LogP contribution is -2.28.